The summed E-state index contributed by atoms with van der Waals surface area (Å²) in [7, 11) is 0. The van der Waals surface area contributed by atoms with Gasteiger partial charge in [0.15, 0.2) is 17.6 Å². The average Bonchev–Trinajstić information content (AvgIpc) is 3.58. The Morgan fingerprint density at radius 2 is 1.62 bits per heavy atom. The van der Waals surface area contributed by atoms with E-state index in [2.05, 4.69) is 151 Å². The first kappa shape index (κ1) is 25.1. The molecule has 1 amide bonds. The van der Waals surface area contributed by atoms with Gasteiger partial charge in [-0.1, -0.05) is 95.7 Å². The molecule has 6 heteroatoms. The third-order valence-electron chi connectivity index (χ3n) is 8.73. The summed E-state index contributed by atoms with van der Waals surface area (Å²) in [6.45, 7) is 4.95. The van der Waals surface area contributed by atoms with Crippen LogP contribution in [0.25, 0.3) is 11.0 Å². The summed E-state index contributed by atoms with van der Waals surface area (Å²) in [5, 5.41) is 0. The molecule has 0 bridgehead atoms. The fraction of sp³-hybridized carbons (Fsp3) is 0.235. The number of benzene rings is 4. The highest BCUT2D eigenvalue weighted by atomic mass is 79.9. The minimum Gasteiger partial charge on any atom is -0.346 e. The molecule has 0 aliphatic carbocycles. The number of aromatic nitrogens is 2. The van der Waals surface area contributed by atoms with Gasteiger partial charge in [0.1, 0.15) is 12.7 Å². The van der Waals surface area contributed by atoms with Crippen LogP contribution in [0.3, 0.4) is 0 Å². The first-order valence-electron chi connectivity index (χ1n) is 13.9. The molecule has 4 aromatic carbocycles. The molecule has 5 nitrogen and oxygen atoms in total. The summed E-state index contributed by atoms with van der Waals surface area (Å²) in [5.74, 6) is 0.163. The largest absolute Gasteiger partial charge is 0.346 e. The summed E-state index contributed by atoms with van der Waals surface area (Å²) in [4.78, 5) is 18.8. The van der Waals surface area contributed by atoms with Gasteiger partial charge in [0.2, 0.25) is 6.33 Å². The van der Waals surface area contributed by atoms with E-state index in [9.17, 15) is 4.79 Å². The Hall–Kier alpha value is -3.90. The van der Waals surface area contributed by atoms with Gasteiger partial charge in [-0.05, 0) is 53.4 Å². The standard InChI is InChI=1S/C34H32BrN4O/c1-34-19-20-38(33(34)39(22-25-9-3-2-4-10-25)29-12-6-5-11-28(29)34)32(40)23-37-24-36(30-13-7-8-14-31(30)37)21-26-15-17-27(35)18-16-26/h2-18,24,33H,19-23H2,1H3/q+1. The van der Waals surface area contributed by atoms with Crippen LogP contribution in [0, 0.1) is 0 Å². The van der Waals surface area contributed by atoms with Crippen molar-refractivity contribution in [2.45, 2.75) is 44.6 Å². The maximum Gasteiger partial charge on any atom is 0.266 e. The molecular weight excluding hydrogens is 560 g/mol. The topological polar surface area (TPSA) is 32.4 Å². The molecule has 1 aromatic heterocycles. The molecule has 2 aliphatic heterocycles. The highest BCUT2D eigenvalue weighted by Gasteiger charge is 2.55. The smallest absolute Gasteiger partial charge is 0.266 e. The zero-order chi connectivity index (χ0) is 27.3. The second-order valence-electron chi connectivity index (χ2n) is 11.2. The lowest BCUT2D eigenvalue weighted by Crippen LogP contribution is -2.51. The van der Waals surface area contributed by atoms with Gasteiger partial charge < -0.3 is 9.80 Å². The minimum atomic E-state index is -0.0959. The first-order chi connectivity index (χ1) is 19.5. The maximum atomic E-state index is 14.2. The highest BCUT2D eigenvalue weighted by Crippen LogP contribution is 2.52. The van der Waals surface area contributed by atoms with E-state index in [1.165, 1.54) is 22.4 Å². The molecule has 3 heterocycles. The molecule has 7 rings (SSSR count). The van der Waals surface area contributed by atoms with Crippen LogP contribution in [0.1, 0.15) is 30.0 Å². The van der Waals surface area contributed by atoms with E-state index in [4.69, 9.17) is 0 Å². The van der Waals surface area contributed by atoms with E-state index in [0.717, 1.165) is 41.6 Å². The van der Waals surface area contributed by atoms with Gasteiger partial charge in [-0.25, -0.2) is 9.13 Å². The number of anilines is 1. The molecule has 2 atom stereocenters. The number of fused-ring (bicyclic) bond motifs is 4. The third-order valence-corrected chi connectivity index (χ3v) is 9.26. The lowest BCUT2D eigenvalue weighted by atomic mass is 9.81. The van der Waals surface area contributed by atoms with Crippen LogP contribution >= 0.6 is 15.9 Å². The second kappa shape index (κ2) is 9.93. The third kappa shape index (κ3) is 4.22. The summed E-state index contributed by atoms with van der Waals surface area (Å²) < 4.78 is 5.44. The van der Waals surface area contributed by atoms with E-state index in [1.807, 2.05) is 0 Å². The quantitative estimate of drug-likeness (QED) is 0.218. The lowest BCUT2D eigenvalue weighted by Gasteiger charge is -2.36. The molecule has 0 saturated carbocycles. The van der Waals surface area contributed by atoms with E-state index >= 15 is 0 Å². The number of carbonyl (C=O) groups excluding carboxylic acids is 1. The number of carbonyl (C=O) groups is 1. The Balaban J connectivity index is 1.20. The molecule has 2 unspecified atom stereocenters. The molecule has 0 radical (unpaired) electrons. The normalized spacial score (nSPS) is 19.7. The SMILES string of the molecule is CC12CCN(C(=O)Cn3c[n+](Cc4ccc(Br)cc4)c4ccccc43)C1N(Cc1ccccc1)c1ccccc12. The Labute approximate surface area is 243 Å². The molecule has 5 aromatic rings. The molecule has 40 heavy (non-hydrogen) atoms. The molecule has 2 aliphatic rings. The molecule has 0 N–H and O–H groups in total. The van der Waals surface area contributed by atoms with Crippen molar-refractivity contribution in [3.63, 3.8) is 0 Å². The second-order valence-corrected chi connectivity index (χ2v) is 12.2. The van der Waals surface area contributed by atoms with Crippen LogP contribution in [0.2, 0.25) is 0 Å². The van der Waals surface area contributed by atoms with Crippen LogP contribution < -0.4 is 9.47 Å². The summed E-state index contributed by atoms with van der Waals surface area (Å²) in [6.07, 6.45) is 3.06. The number of likely N-dealkylation sites (tertiary alicyclic amines) is 1. The van der Waals surface area contributed by atoms with Crippen molar-refractivity contribution in [3.05, 3.63) is 131 Å². The number of hydrogen-bond acceptors (Lipinski definition) is 2. The van der Waals surface area contributed by atoms with E-state index in [0.29, 0.717) is 6.54 Å². The molecular formula is C34H32BrN4O+. The summed E-state index contributed by atoms with van der Waals surface area (Å²) in [6, 6.07) is 36.1. The number of nitrogens with zero attached hydrogens (tertiary/aromatic N) is 4. The van der Waals surface area contributed by atoms with Gasteiger partial charge in [0, 0.05) is 28.7 Å². The molecule has 1 saturated heterocycles. The fourth-order valence-electron chi connectivity index (χ4n) is 6.80. The van der Waals surface area contributed by atoms with E-state index < -0.39 is 0 Å². The zero-order valence-electron chi connectivity index (χ0n) is 22.6. The van der Waals surface area contributed by atoms with Crippen molar-refractivity contribution in [1.82, 2.24) is 9.47 Å². The predicted octanol–water partition coefficient (Wildman–Crippen LogP) is 6.28. The molecule has 200 valence electrons. The number of imidazole rings is 1. The van der Waals surface area contributed by atoms with Crippen molar-refractivity contribution >= 4 is 38.6 Å². The number of para-hydroxylation sites is 3. The van der Waals surface area contributed by atoms with Crippen molar-refractivity contribution in [3.8, 4) is 0 Å². The van der Waals surface area contributed by atoms with Gasteiger partial charge in [0.25, 0.3) is 5.91 Å². The molecule has 0 spiro atoms. The lowest BCUT2D eigenvalue weighted by molar-refractivity contribution is -0.663. The number of hydrogen-bond donors (Lipinski definition) is 0. The van der Waals surface area contributed by atoms with Gasteiger partial charge >= 0.3 is 0 Å². The Morgan fingerprint density at radius 1 is 0.900 bits per heavy atom. The summed E-state index contributed by atoms with van der Waals surface area (Å²) in [5.41, 5.74) is 7.18. The van der Waals surface area contributed by atoms with Gasteiger partial charge in [-0.2, -0.15) is 0 Å². The van der Waals surface area contributed by atoms with Crippen LogP contribution in [0.4, 0.5) is 5.69 Å². The van der Waals surface area contributed by atoms with Crippen molar-refractivity contribution < 1.29 is 9.36 Å². The zero-order valence-corrected chi connectivity index (χ0v) is 24.2. The fourth-order valence-corrected chi connectivity index (χ4v) is 7.07. The van der Waals surface area contributed by atoms with Crippen molar-refractivity contribution in [1.29, 1.82) is 0 Å². The van der Waals surface area contributed by atoms with E-state index in [-0.39, 0.29) is 17.5 Å². The van der Waals surface area contributed by atoms with E-state index in [1.54, 1.807) is 0 Å². The Morgan fingerprint density at radius 3 is 2.45 bits per heavy atom. The van der Waals surface area contributed by atoms with Crippen LogP contribution in [0.15, 0.2) is 114 Å². The van der Waals surface area contributed by atoms with Crippen molar-refractivity contribution in [2.24, 2.45) is 0 Å². The number of rotatable bonds is 6. The average molecular weight is 593 g/mol. The highest BCUT2D eigenvalue weighted by molar-refractivity contribution is 9.10. The molecule has 1 fully saturated rings. The first-order valence-corrected chi connectivity index (χ1v) is 14.7. The minimum absolute atomic E-state index is 0.00526. The number of halogens is 1. The summed E-state index contributed by atoms with van der Waals surface area (Å²) >= 11 is 3.53. The predicted molar refractivity (Wildman–Crippen MR) is 162 cm³/mol. The monoisotopic (exact) mass is 591 g/mol. The van der Waals surface area contributed by atoms with Crippen LogP contribution in [0.5, 0.6) is 0 Å². The Kier molecular flexibility index (Phi) is 6.23. The maximum absolute atomic E-state index is 14.2. The van der Waals surface area contributed by atoms with Gasteiger partial charge in [-0.3, -0.25) is 4.79 Å². The van der Waals surface area contributed by atoms with Crippen LogP contribution in [-0.4, -0.2) is 28.1 Å². The van der Waals surface area contributed by atoms with Gasteiger partial charge in [0.05, 0.1) is 0 Å². The van der Waals surface area contributed by atoms with Gasteiger partial charge in [-0.15, -0.1) is 0 Å². The number of amides is 1. The van der Waals surface area contributed by atoms with Crippen molar-refractivity contribution in [2.75, 3.05) is 11.4 Å². The Bertz CT molecular complexity index is 1700. The van der Waals surface area contributed by atoms with Crippen LogP contribution in [-0.2, 0) is 29.8 Å².